The Morgan fingerprint density at radius 2 is 1.94 bits per heavy atom. The number of hydrogen-bond donors (Lipinski definition) is 1. The van der Waals surface area contributed by atoms with Gasteiger partial charge in [-0.3, -0.25) is 0 Å². The Morgan fingerprint density at radius 3 is 2.56 bits per heavy atom. The minimum Gasteiger partial charge on any atom is -0.493 e. The second-order valence-corrected chi connectivity index (χ2v) is 5.35. The number of nitrogens with one attached hydrogen (secondary N) is 1. The summed E-state index contributed by atoms with van der Waals surface area (Å²) in [6, 6.07) is 6.77. The molecule has 102 valence electrons. The van der Waals surface area contributed by atoms with Crippen molar-refractivity contribution in [2.24, 2.45) is 5.92 Å². The van der Waals surface area contributed by atoms with Gasteiger partial charge in [-0.05, 0) is 38.8 Å². The van der Waals surface area contributed by atoms with Crippen molar-refractivity contribution in [2.45, 2.75) is 47.1 Å². The zero-order chi connectivity index (χ0) is 13.5. The van der Waals surface area contributed by atoms with Crippen LogP contribution in [0.2, 0.25) is 0 Å². The smallest absolute Gasteiger partial charge is 0.124 e. The van der Waals surface area contributed by atoms with Crippen molar-refractivity contribution in [3.8, 4) is 5.75 Å². The summed E-state index contributed by atoms with van der Waals surface area (Å²) in [5.74, 6) is 1.71. The van der Waals surface area contributed by atoms with Crippen molar-refractivity contribution in [3.63, 3.8) is 0 Å². The molecule has 2 nitrogen and oxygen atoms in total. The fourth-order valence-corrected chi connectivity index (χ4v) is 1.96. The van der Waals surface area contributed by atoms with Crippen LogP contribution in [0.25, 0.3) is 0 Å². The molecule has 1 aromatic carbocycles. The molecular weight excluding hydrogens is 222 g/mol. The minimum atomic E-state index is 0.337. The first kappa shape index (κ1) is 15.0. The molecule has 0 fully saturated rings. The van der Waals surface area contributed by atoms with E-state index in [0.29, 0.717) is 12.0 Å². The quantitative estimate of drug-likeness (QED) is 0.786. The van der Waals surface area contributed by atoms with Crippen LogP contribution in [0.1, 0.15) is 51.3 Å². The largest absolute Gasteiger partial charge is 0.493 e. The molecular formula is C16H27NO. The molecule has 1 atom stereocenters. The molecule has 1 N–H and O–H groups in total. The van der Waals surface area contributed by atoms with Gasteiger partial charge < -0.3 is 10.1 Å². The van der Waals surface area contributed by atoms with Crippen LogP contribution in [0.3, 0.4) is 0 Å². The highest BCUT2D eigenvalue weighted by Crippen LogP contribution is 2.26. The average Bonchev–Trinajstić information content (AvgIpc) is 2.31. The highest BCUT2D eigenvalue weighted by Gasteiger charge is 2.11. The molecule has 0 radical (unpaired) electrons. The Balaban J connectivity index is 2.76. The molecule has 0 aliphatic heterocycles. The Labute approximate surface area is 112 Å². The molecule has 1 unspecified atom stereocenters. The van der Waals surface area contributed by atoms with Crippen LogP contribution in [0.15, 0.2) is 18.2 Å². The highest BCUT2D eigenvalue weighted by molar-refractivity contribution is 5.38. The van der Waals surface area contributed by atoms with Gasteiger partial charge in [0.05, 0.1) is 6.61 Å². The van der Waals surface area contributed by atoms with Crippen LogP contribution < -0.4 is 10.1 Å². The van der Waals surface area contributed by atoms with Gasteiger partial charge in [-0.1, -0.05) is 38.5 Å². The fourth-order valence-electron chi connectivity index (χ4n) is 1.96. The first-order valence-electron chi connectivity index (χ1n) is 7.01. The van der Waals surface area contributed by atoms with Crippen LogP contribution in [-0.2, 0) is 0 Å². The second-order valence-electron chi connectivity index (χ2n) is 5.35. The summed E-state index contributed by atoms with van der Waals surface area (Å²) in [6.07, 6.45) is 1.10. The first-order chi connectivity index (χ1) is 8.54. The zero-order valence-electron chi connectivity index (χ0n) is 12.4. The molecule has 0 heterocycles. The molecule has 0 spiro atoms. The summed E-state index contributed by atoms with van der Waals surface area (Å²) in [7, 11) is 0. The van der Waals surface area contributed by atoms with E-state index in [0.717, 1.165) is 25.3 Å². The molecule has 1 rings (SSSR count). The van der Waals surface area contributed by atoms with Gasteiger partial charge in [0.25, 0.3) is 0 Å². The third-order valence-electron chi connectivity index (χ3n) is 3.09. The maximum Gasteiger partial charge on any atom is 0.124 e. The summed E-state index contributed by atoms with van der Waals surface area (Å²) < 4.78 is 5.93. The normalized spacial score (nSPS) is 12.8. The van der Waals surface area contributed by atoms with Gasteiger partial charge in [-0.15, -0.1) is 0 Å². The molecule has 2 heteroatoms. The molecule has 0 saturated carbocycles. The van der Waals surface area contributed by atoms with E-state index in [1.807, 2.05) is 0 Å². The summed E-state index contributed by atoms with van der Waals surface area (Å²) in [5, 5.41) is 3.45. The molecule has 18 heavy (non-hydrogen) atoms. The first-order valence-corrected chi connectivity index (χ1v) is 7.01. The van der Waals surface area contributed by atoms with Crippen LogP contribution >= 0.6 is 0 Å². The van der Waals surface area contributed by atoms with Crippen LogP contribution in [-0.4, -0.2) is 13.2 Å². The topological polar surface area (TPSA) is 21.3 Å². The van der Waals surface area contributed by atoms with Gasteiger partial charge in [0.15, 0.2) is 0 Å². The standard InChI is InChI=1S/C16H27NO/c1-6-17-14(5)15-11-13(4)7-8-16(15)18-10-9-12(2)3/h7-8,11-12,14,17H,6,9-10H2,1-5H3. The van der Waals surface area contributed by atoms with Gasteiger partial charge in [0.1, 0.15) is 5.75 Å². The maximum absolute atomic E-state index is 5.93. The van der Waals surface area contributed by atoms with E-state index in [9.17, 15) is 0 Å². The van der Waals surface area contributed by atoms with Crippen LogP contribution in [0.5, 0.6) is 5.75 Å². The molecule has 0 amide bonds. The Hall–Kier alpha value is -1.02. The van der Waals surface area contributed by atoms with E-state index >= 15 is 0 Å². The summed E-state index contributed by atoms with van der Waals surface area (Å²) in [5.41, 5.74) is 2.55. The number of benzene rings is 1. The zero-order valence-corrected chi connectivity index (χ0v) is 12.4. The fraction of sp³-hybridized carbons (Fsp3) is 0.625. The molecule has 0 saturated heterocycles. The Morgan fingerprint density at radius 1 is 1.22 bits per heavy atom. The molecule has 0 aliphatic carbocycles. The van der Waals surface area contributed by atoms with Crippen molar-refractivity contribution in [2.75, 3.05) is 13.2 Å². The number of hydrogen-bond acceptors (Lipinski definition) is 2. The average molecular weight is 249 g/mol. The van der Waals surface area contributed by atoms with Gasteiger partial charge >= 0.3 is 0 Å². The summed E-state index contributed by atoms with van der Waals surface area (Å²) >= 11 is 0. The number of ether oxygens (including phenoxy) is 1. The lowest BCUT2D eigenvalue weighted by atomic mass is 10.0. The van der Waals surface area contributed by atoms with Crippen LogP contribution in [0, 0.1) is 12.8 Å². The molecule has 1 aromatic rings. The predicted molar refractivity (Wildman–Crippen MR) is 78.2 cm³/mol. The Kier molecular flexibility index (Phi) is 6.20. The van der Waals surface area contributed by atoms with Gasteiger partial charge in [0, 0.05) is 11.6 Å². The van der Waals surface area contributed by atoms with E-state index in [4.69, 9.17) is 4.74 Å². The summed E-state index contributed by atoms with van der Waals surface area (Å²) in [6.45, 7) is 12.7. The third-order valence-corrected chi connectivity index (χ3v) is 3.09. The molecule has 0 aliphatic rings. The third kappa shape index (κ3) is 4.69. The van der Waals surface area contributed by atoms with Crippen molar-refractivity contribution in [1.29, 1.82) is 0 Å². The van der Waals surface area contributed by atoms with E-state index in [2.05, 4.69) is 58.1 Å². The van der Waals surface area contributed by atoms with E-state index in [-0.39, 0.29) is 0 Å². The lowest BCUT2D eigenvalue weighted by molar-refractivity contribution is 0.284. The van der Waals surface area contributed by atoms with Gasteiger partial charge in [-0.25, -0.2) is 0 Å². The van der Waals surface area contributed by atoms with Crippen molar-refractivity contribution < 1.29 is 4.74 Å². The van der Waals surface area contributed by atoms with E-state index in [1.165, 1.54) is 11.1 Å². The van der Waals surface area contributed by atoms with Crippen LogP contribution in [0.4, 0.5) is 0 Å². The SMILES string of the molecule is CCNC(C)c1cc(C)ccc1OCCC(C)C. The second kappa shape index (κ2) is 7.42. The monoisotopic (exact) mass is 249 g/mol. The van der Waals surface area contributed by atoms with Gasteiger partial charge in [-0.2, -0.15) is 0 Å². The predicted octanol–water partition coefficient (Wildman–Crippen LogP) is 4.09. The minimum absolute atomic E-state index is 0.337. The number of aryl methyl sites for hydroxylation is 1. The maximum atomic E-state index is 5.93. The summed E-state index contributed by atoms with van der Waals surface area (Å²) in [4.78, 5) is 0. The van der Waals surface area contributed by atoms with Crippen molar-refractivity contribution in [3.05, 3.63) is 29.3 Å². The highest BCUT2D eigenvalue weighted by atomic mass is 16.5. The lowest BCUT2D eigenvalue weighted by Crippen LogP contribution is -2.19. The van der Waals surface area contributed by atoms with Crippen molar-refractivity contribution >= 4 is 0 Å². The van der Waals surface area contributed by atoms with E-state index < -0.39 is 0 Å². The van der Waals surface area contributed by atoms with E-state index in [1.54, 1.807) is 0 Å². The van der Waals surface area contributed by atoms with Crippen molar-refractivity contribution in [1.82, 2.24) is 5.32 Å². The number of rotatable bonds is 7. The lowest BCUT2D eigenvalue weighted by Gasteiger charge is -2.18. The van der Waals surface area contributed by atoms with Gasteiger partial charge in [0.2, 0.25) is 0 Å². The Bertz CT molecular complexity index is 360. The molecule has 0 aromatic heterocycles. The molecule has 0 bridgehead atoms.